The van der Waals surface area contributed by atoms with Gasteiger partial charge in [0, 0.05) is 13.1 Å². The minimum atomic E-state index is -4.57. The Labute approximate surface area is 121 Å². The number of halogens is 4. The lowest BCUT2D eigenvalue weighted by Gasteiger charge is -2.27. The van der Waals surface area contributed by atoms with E-state index in [4.69, 9.17) is 0 Å². The molecule has 2 unspecified atom stereocenters. The van der Waals surface area contributed by atoms with Gasteiger partial charge in [0.05, 0.1) is 11.7 Å². The second kappa shape index (κ2) is 6.75. The molecule has 2 N–H and O–H groups in total. The first kappa shape index (κ1) is 16.2. The normalized spacial score (nSPS) is 23.3. The molecule has 2 nitrogen and oxygen atoms in total. The Kier molecular flexibility index (Phi) is 5.22. The zero-order valence-electron chi connectivity index (χ0n) is 11.6. The van der Waals surface area contributed by atoms with Gasteiger partial charge in [-0.2, -0.15) is 13.2 Å². The molecule has 1 saturated carbocycles. The van der Waals surface area contributed by atoms with Crippen molar-refractivity contribution >= 4 is 0 Å². The van der Waals surface area contributed by atoms with Gasteiger partial charge in [0.25, 0.3) is 0 Å². The Hall–Kier alpha value is -1.14. The highest BCUT2D eigenvalue weighted by atomic mass is 19.4. The Morgan fingerprint density at radius 3 is 2.57 bits per heavy atom. The fraction of sp³-hybridized carbons (Fsp3) is 0.600. The van der Waals surface area contributed by atoms with E-state index in [1.165, 1.54) is 0 Å². The van der Waals surface area contributed by atoms with Gasteiger partial charge in [-0.1, -0.05) is 18.9 Å². The summed E-state index contributed by atoms with van der Waals surface area (Å²) in [4.78, 5) is 0. The van der Waals surface area contributed by atoms with Crippen LogP contribution in [0.25, 0.3) is 0 Å². The summed E-state index contributed by atoms with van der Waals surface area (Å²) in [6, 6.07) is 2.70. The van der Waals surface area contributed by atoms with Gasteiger partial charge in [-0.25, -0.2) is 4.39 Å². The summed E-state index contributed by atoms with van der Waals surface area (Å²) in [5, 5.41) is 12.8. The summed E-state index contributed by atoms with van der Waals surface area (Å²) in [6.07, 6.45) is -1.30. The van der Waals surface area contributed by atoms with E-state index in [1.54, 1.807) is 0 Å². The third-order valence-electron chi connectivity index (χ3n) is 3.97. The molecule has 0 bridgehead atoms. The quantitative estimate of drug-likeness (QED) is 0.835. The zero-order valence-corrected chi connectivity index (χ0v) is 11.6. The number of hydrogen-bond acceptors (Lipinski definition) is 2. The molecule has 1 aromatic carbocycles. The molecule has 2 atom stereocenters. The molecule has 0 spiro atoms. The van der Waals surface area contributed by atoms with E-state index in [1.807, 2.05) is 0 Å². The molecule has 1 fully saturated rings. The predicted molar refractivity (Wildman–Crippen MR) is 71.1 cm³/mol. The number of hydrogen-bond donors (Lipinski definition) is 2. The number of alkyl halides is 3. The summed E-state index contributed by atoms with van der Waals surface area (Å²) in [5.74, 6) is -0.817. The van der Waals surface area contributed by atoms with E-state index in [9.17, 15) is 22.7 Å². The van der Waals surface area contributed by atoms with Crippen LogP contribution in [-0.4, -0.2) is 17.8 Å². The average molecular weight is 305 g/mol. The van der Waals surface area contributed by atoms with Crippen molar-refractivity contribution in [1.82, 2.24) is 5.32 Å². The number of aliphatic hydroxyl groups excluding tert-OH is 1. The number of nitrogens with one attached hydrogen (secondary N) is 1. The third kappa shape index (κ3) is 4.41. The molecule has 0 saturated heterocycles. The SMILES string of the molecule is OC1CCCCC1CNCc1ccc(F)cc1C(F)(F)F. The van der Waals surface area contributed by atoms with Crippen molar-refractivity contribution < 1.29 is 22.7 Å². The van der Waals surface area contributed by atoms with Crippen molar-refractivity contribution in [2.75, 3.05) is 6.54 Å². The summed E-state index contributed by atoms with van der Waals surface area (Å²) < 4.78 is 51.5. The molecule has 0 radical (unpaired) electrons. The lowest BCUT2D eigenvalue weighted by Crippen LogP contribution is -2.33. The van der Waals surface area contributed by atoms with Crippen LogP contribution in [-0.2, 0) is 12.7 Å². The van der Waals surface area contributed by atoms with Crippen molar-refractivity contribution in [3.63, 3.8) is 0 Å². The minimum Gasteiger partial charge on any atom is -0.393 e. The molecule has 1 aliphatic carbocycles. The fourth-order valence-electron chi connectivity index (χ4n) is 2.79. The van der Waals surface area contributed by atoms with Crippen LogP contribution in [0.4, 0.5) is 17.6 Å². The third-order valence-corrected chi connectivity index (χ3v) is 3.97. The van der Waals surface area contributed by atoms with E-state index in [0.717, 1.165) is 37.8 Å². The van der Waals surface area contributed by atoms with Crippen LogP contribution in [0.15, 0.2) is 18.2 Å². The van der Waals surface area contributed by atoms with Crippen molar-refractivity contribution in [2.24, 2.45) is 5.92 Å². The van der Waals surface area contributed by atoms with Crippen molar-refractivity contribution in [3.05, 3.63) is 35.1 Å². The lowest BCUT2D eigenvalue weighted by atomic mass is 9.86. The molecule has 21 heavy (non-hydrogen) atoms. The lowest BCUT2D eigenvalue weighted by molar-refractivity contribution is -0.138. The van der Waals surface area contributed by atoms with Gasteiger partial charge >= 0.3 is 6.18 Å². The number of benzene rings is 1. The van der Waals surface area contributed by atoms with Crippen molar-refractivity contribution in [2.45, 2.75) is 44.5 Å². The first-order valence-electron chi connectivity index (χ1n) is 7.12. The van der Waals surface area contributed by atoms with Crippen LogP contribution in [0.1, 0.15) is 36.8 Å². The Morgan fingerprint density at radius 2 is 1.90 bits per heavy atom. The molecule has 0 aliphatic heterocycles. The summed E-state index contributed by atoms with van der Waals surface area (Å²) in [5.41, 5.74) is -0.923. The van der Waals surface area contributed by atoms with Crippen LogP contribution in [0.5, 0.6) is 0 Å². The highest BCUT2D eigenvalue weighted by molar-refractivity contribution is 5.30. The van der Waals surface area contributed by atoms with Gasteiger partial charge in [0.1, 0.15) is 5.82 Å². The second-order valence-corrected chi connectivity index (χ2v) is 5.54. The molecular weight excluding hydrogens is 286 g/mol. The van der Waals surface area contributed by atoms with Gasteiger partial charge in [-0.15, -0.1) is 0 Å². The molecule has 1 aromatic rings. The standard InChI is InChI=1S/C15H19F4NO/c16-12-6-5-10(13(7-12)15(17,18)19)8-20-9-11-3-1-2-4-14(11)21/h5-7,11,14,20-21H,1-4,8-9H2. The van der Waals surface area contributed by atoms with Gasteiger partial charge in [0.15, 0.2) is 0 Å². The average Bonchev–Trinajstić information content (AvgIpc) is 2.41. The van der Waals surface area contributed by atoms with Gasteiger partial charge < -0.3 is 10.4 Å². The molecular formula is C15H19F4NO. The van der Waals surface area contributed by atoms with Crippen LogP contribution in [0.3, 0.4) is 0 Å². The molecule has 118 valence electrons. The topological polar surface area (TPSA) is 32.3 Å². The Balaban J connectivity index is 1.97. The van der Waals surface area contributed by atoms with Crippen LogP contribution in [0.2, 0.25) is 0 Å². The maximum Gasteiger partial charge on any atom is 0.416 e. The first-order chi connectivity index (χ1) is 9.88. The molecule has 0 aromatic heterocycles. The Bertz CT molecular complexity index is 475. The summed E-state index contributed by atoms with van der Waals surface area (Å²) >= 11 is 0. The van der Waals surface area contributed by atoms with Crippen LogP contribution < -0.4 is 5.32 Å². The van der Waals surface area contributed by atoms with Gasteiger partial charge in [-0.3, -0.25) is 0 Å². The summed E-state index contributed by atoms with van der Waals surface area (Å²) in [6.45, 7) is 0.480. The highest BCUT2D eigenvalue weighted by Crippen LogP contribution is 2.32. The molecule has 2 rings (SSSR count). The summed E-state index contributed by atoms with van der Waals surface area (Å²) in [7, 11) is 0. The number of aliphatic hydroxyl groups is 1. The molecule has 6 heteroatoms. The second-order valence-electron chi connectivity index (χ2n) is 5.54. The monoisotopic (exact) mass is 305 g/mol. The van der Waals surface area contributed by atoms with E-state index in [-0.39, 0.29) is 24.1 Å². The Morgan fingerprint density at radius 1 is 1.19 bits per heavy atom. The van der Waals surface area contributed by atoms with Crippen molar-refractivity contribution in [3.8, 4) is 0 Å². The van der Waals surface area contributed by atoms with E-state index in [0.29, 0.717) is 12.6 Å². The maximum absolute atomic E-state index is 13.0. The van der Waals surface area contributed by atoms with Crippen LogP contribution in [0, 0.1) is 11.7 Å². The predicted octanol–water partition coefficient (Wildman–Crippen LogP) is 3.49. The maximum atomic E-state index is 13.0. The van der Waals surface area contributed by atoms with E-state index >= 15 is 0 Å². The highest BCUT2D eigenvalue weighted by Gasteiger charge is 2.33. The molecule has 1 aliphatic rings. The van der Waals surface area contributed by atoms with Crippen molar-refractivity contribution in [1.29, 1.82) is 0 Å². The minimum absolute atomic E-state index is 0.0122. The number of rotatable bonds is 4. The first-order valence-corrected chi connectivity index (χ1v) is 7.12. The van der Waals surface area contributed by atoms with Gasteiger partial charge in [-0.05, 0) is 36.5 Å². The fourth-order valence-corrected chi connectivity index (χ4v) is 2.79. The smallest absolute Gasteiger partial charge is 0.393 e. The van der Waals surface area contributed by atoms with Crippen LogP contribution >= 0.6 is 0 Å². The van der Waals surface area contributed by atoms with E-state index in [2.05, 4.69) is 5.32 Å². The zero-order chi connectivity index (χ0) is 15.5. The largest absolute Gasteiger partial charge is 0.416 e. The molecule has 0 heterocycles. The van der Waals surface area contributed by atoms with E-state index < -0.39 is 17.6 Å². The molecule has 0 amide bonds. The van der Waals surface area contributed by atoms with Gasteiger partial charge in [0.2, 0.25) is 0 Å².